The molecule has 0 fully saturated rings. The van der Waals surface area contributed by atoms with Crippen LogP contribution in [-0.2, 0) is 17.1 Å². The molecule has 0 aliphatic heterocycles. The van der Waals surface area contributed by atoms with Crippen LogP contribution >= 0.6 is 0 Å². The molecule has 0 aliphatic carbocycles. The molecule has 0 bridgehead atoms. The van der Waals surface area contributed by atoms with Gasteiger partial charge in [-0.05, 0) is 32.0 Å². The van der Waals surface area contributed by atoms with Gasteiger partial charge in [0.05, 0.1) is 17.0 Å². The molecule has 0 radical (unpaired) electrons. The maximum Gasteiger partial charge on any atom is 0.239 e. The minimum absolute atomic E-state index is 0.00152. The van der Waals surface area contributed by atoms with Gasteiger partial charge in [0.1, 0.15) is 11.2 Å². The summed E-state index contributed by atoms with van der Waals surface area (Å²) in [5.41, 5.74) is 3.25. The Hall–Kier alpha value is -2.74. The molecule has 128 valence electrons. The summed E-state index contributed by atoms with van der Waals surface area (Å²) in [6.07, 6.45) is 0. The van der Waals surface area contributed by atoms with E-state index in [0.717, 1.165) is 11.1 Å². The molecule has 0 atom stereocenters. The second-order valence-electron chi connectivity index (χ2n) is 5.94. The maximum absolute atomic E-state index is 12.7. The number of rotatable bonds is 3. The number of aryl methyl sites for hydroxylation is 2. The summed E-state index contributed by atoms with van der Waals surface area (Å²) in [6, 6.07) is 11.1. The van der Waals surface area contributed by atoms with Crippen molar-refractivity contribution in [3.05, 3.63) is 42.1 Å². The second kappa shape index (κ2) is 5.38. The van der Waals surface area contributed by atoms with Crippen LogP contribution < -0.4 is 0 Å². The highest BCUT2D eigenvalue weighted by atomic mass is 32.2. The van der Waals surface area contributed by atoms with Crippen LogP contribution in [0.5, 0.6) is 0 Å². The van der Waals surface area contributed by atoms with E-state index in [1.807, 2.05) is 44.3 Å². The molecular formula is C17H17N5O2S. The van der Waals surface area contributed by atoms with Crippen LogP contribution in [0.15, 0.2) is 36.4 Å². The Kier molecular flexibility index (Phi) is 3.40. The number of para-hydroxylation sites is 1. The number of aromatic nitrogens is 5. The normalized spacial score (nSPS) is 12.3. The molecule has 0 saturated heterocycles. The van der Waals surface area contributed by atoms with Crippen molar-refractivity contribution in [2.45, 2.75) is 13.8 Å². The molecule has 0 saturated carbocycles. The van der Waals surface area contributed by atoms with Crippen molar-refractivity contribution >= 4 is 32.1 Å². The van der Waals surface area contributed by atoms with E-state index >= 15 is 0 Å². The standard InChI is InChI=1S/C17H17N5O2S/c1-4-25(23,24)22-14-8-6-5-7-12(14)10-15(22)17-18-13-9-11(2)19-20-16(13)21(17)3/h5-10H,4H2,1-3H3. The highest BCUT2D eigenvalue weighted by Crippen LogP contribution is 2.30. The van der Waals surface area contributed by atoms with Crippen LogP contribution in [0.4, 0.5) is 0 Å². The first-order valence-corrected chi connectivity index (χ1v) is 9.54. The molecule has 3 heterocycles. The van der Waals surface area contributed by atoms with E-state index in [9.17, 15) is 8.42 Å². The lowest BCUT2D eigenvalue weighted by Gasteiger charge is -2.10. The van der Waals surface area contributed by atoms with Gasteiger partial charge in [-0.25, -0.2) is 17.4 Å². The topological polar surface area (TPSA) is 82.7 Å². The molecule has 0 amide bonds. The summed E-state index contributed by atoms with van der Waals surface area (Å²) in [4.78, 5) is 4.62. The van der Waals surface area contributed by atoms with Crippen molar-refractivity contribution in [3.63, 3.8) is 0 Å². The number of fused-ring (bicyclic) bond motifs is 2. The average molecular weight is 355 g/mol. The van der Waals surface area contributed by atoms with Crippen LogP contribution in [0.1, 0.15) is 12.6 Å². The lowest BCUT2D eigenvalue weighted by Crippen LogP contribution is -2.16. The van der Waals surface area contributed by atoms with Crippen molar-refractivity contribution < 1.29 is 8.42 Å². The Morgan fingerprint density at radius 2 is 1.88 bits per heavy atom. The Morgan fingerprint density at radius 3 is 2.64 bits per heavy atom. The first kappa shape index (κ1) is 15.8. The lowest BCUT2D eigenvalue weighted by atomic mass is 10.2. The molecule has 3 aromatic heterocycles. The Labute approximate surface area is 145 Å². The van der Waals surface area contributed by atoms with Gasteiger partial charge in [0.25, 0.3) is 0 Å². The third-order valence-corrected chi connectivity index (χ3v) is 5.96. The van der Waals surface area contributed by atoms with E-state index in [0.29, 0.717) is 28.2 Å². The minimum Gasteiger partial charge on any atom is -0.309 e. The zero-order valence-corrected chi connectivity index (χ0v) is 14.9. The van der Waals surface area contributed by atoms with Gasteiger partial charge in [0, 0.05) is 12.4 Å². The highest BCUT2D eigenvalue weighted by molar-refractivity contribution is 7.90. The van der Waals surface area contributed by atoms with Crippen molar-refractivity contribution in [3.8, 4) is 11.5 Å². The molecule has 4 rings (SSSR count). The van der Waals surface area contributed by atoms with Crippen LogP contribution in [0.2, 0.25) is 0 Å². The van der Waals surface area contributed by atoms with E-state index in [-0.39, 0.29) is 5.75 Å². The van der Waals surface area contributed by atoms with E-state index in [1.54, 1.807) is 17.6 Å². The monoisotopic (exact) mass is 355 g/mol. The molecule has 1 aromatic carbocycles. The molecule has 8 heteroatoms. The highest BCUT2D eigenvalue weighted by Gasteiger charge is 2.23. The van der Waals surface area contributed by atoms with Gasteiger partial charge >= 0.3 is 0 Å². The Bertz CT molecular complexity index is 1220. The molecule has 4 aromatic rings. The Balaban J connectivity index is 2.11. The fourth-order valence-corrected chi connectivity index (χ4v) is 4.18. The van der Waals surface area contributed by atoms with Gasteiger partial charge in [-0.2, -0.15) is 5.10 Å². The van der Waals surface area contributed by atoms with Crippen LogP contribution in [0, 0.1) is 6.92 Å². The van der Waals surface area contributed by atoms with E-state index in [4.69, 9.17) is 0 Å². The van der Waals surface area contributed by atoms with Crippen molar-refractivity contribution in [1.29, 1.82) is 0 Å². The van der Waals surface area contributed by atoms with Crippen molar-refractivity contribution in [2.75, 3.05) is 5.75 Å². The first-order chi connectivity index (χ1) is 11.9. The van der Waals surface area contributed by atoms with Crippen LogP contribution in [0.25, 0.3) is 33.6 Å². The average Bonchev–Trinajstić information content (AvgIpc) is 3.13. The summed E-state index contributed by atoms with van der Waals surface area (Å²) in [7, 11) is -1.68. The third kappa shape index (κ3) is 2.32. The fourth-order valence-electron chi connectivity index (χ4n) is 3.02. The zero-order valence-electron chi connectivity index (χ0n) is 14.1. The molecule has 0 aliphatic rings. The van der Waals surface area contributed by atoms with E-state index in [1.165, 1.54) is 3.97 Å². The quantitative estimate of drug-likeness (QED) is 0.564. The van der Waals surface area contributed by atoms with Gasteiger partial charge in [0.2, 0.25) is 10.0 Å². The number of imidazole rings is 1. The minimum atomic E-state index is -3.50. The number of hydrogen-bond donors (Lipinski definition) is 0. The number of benzene rings is 1. The van der Waals surface area contributed by atoms with Gasteiger partial charge in [-0.3, -0.25) is 0 Å². The molecule has 7 nitrogen and oxygen atoms in total. The molecule has 0 unspecified atom stereocenters. The summed E-state index contributed by atoms with van der Waals surface area (Å²) in [5, 5.41) is 9.10. The predicted molar refractivity (Wildman–Crippen MR) is 96.8 cm³/mol. The molecule has 0 spiro atoms. The van der Waals surface area contributed by atoms with E-state index < -0.39 is 10.0 Å². The van der Waals surface area contributed by atoms with Crippen LogP contribution in [0.3, 0.4) is 0 Å². The third-order valence-electron chi connectivity index (χ3n) is 4.28. The van der Waals surface area contributed by atoms with Crippen molar-refractivity contribution in [2.24, 2.45) is 7.05 Å². The number of nitrogens with zero attached hydrogens (tertiary/aromatic N) is 5. The smallest absolute Gasteiger partial charge is 0.239 e. The molecule has 0 N–H and O–H groups in total. The Morgan fingerprint density at radius 1 is 1.12 bits per heavy atom. The molecular weight excluding hydrogens is 338 g/mol. The largest absolute Gasteiger partial charge is 0.309 e. The SMILES string of the molecule is CCS(=O)(=O)n1c(-c2nc3cc(C)nnc3n2C)cc2ccccc21. The second-order valence-corrected chi connectivity index (χ2v) is 8.05. The summed E-state index contributed by atoms with van der Waals surface area (Å²) >= 11 is 0. The maximum atomic E-state index is 12.7. The van der Waals surface area contributed by atoms with Gasteiger partial charge in [-0.1, -0.05) is 18.2 Å². The van der Waals surface area contributed by atoms with Crippen molar-refractivity contribution in [1.82, 2.24) is 23.7 Å². The zero-order chi connectivity index (χ0) is 17.8. The number of hydrogen-bond acceptors (Lipinski definition) is 5. The van der Waals surface area contributed by atoms with E-state index in [2.05, 4.69) is 15.2 Å². The summed E-state index contributed by atoms with van der Waals surface area (Å²) < 4.78 is 28.7. The fraction of sp³-hybridized carbons (Fsp3) is 0.235. The van der Waals surface area contributed by atoms with Gasteiger partial charge < -0.3 is 4.57 Å². The molecule has 25 heavy (non-hydrogen) atoms. The van der Waals surface area contributed by atoms with Crippen LogP contribution in [-0.4, -0.2) is 37.9 Å². The summed E-state index contributed by atoms with van der Waals surface area (Å²) in [5.74, 6) is 0.546. The summed E-state index contributed by atoms with van der Waals surface area (Å²) in [6.45, 7) is 3.48. The first-order valence-electron chi connectivity index (χ1n) is 7.93. The van der Waals surface area contributed by atoms with Gasteiger partial charge in [-0.15, -0.1) is 5.10 Å². The predicted octanol–water partition coefficient (Wildman–Crippen LogP) is 2.49. The van der Waals surface area contributed by atoms with Gasteiger partial charge in [0.15, 0.2) is 11.5 Å². The lowest BCUT2D eigenvalue weighted by molar-refractivity contribution is 0.590.